The highest BCUT2D eigenvalue weighted by Crippen LogP contribution is 2.34. The SMILES string of the molecule is CC(C1CC1)N(C)C(=O)CCCOc1cccc(Br)c1. The van der Waals surface area contributed by atoms with Crippen molar-refractivity contribution in [3.8, 4) is 5.75 Å². The van der Waals surface area contributed by atoms with E-state index in [1.54, 1.807) is 0 Å². The van der Waals surface area contributed by atoms with Crippen molar-refractivity contribution in [2.75, 3.05) is 13.7 Å². The summed E-state index contributed by atoms with van der Waals surface area (Å²) in [6.07, 6.45) is 3.85. The Balaban J connectivity index is 1.66. The van der Waals surface area contributed by atoms with Gasteiger partial charge in [-0.05, 0) is 50.3 Å². The van der Waals surface area contributed by atoms with Gasteiger partial charge < -0.3 is 9.64 Å². The summed E-state index contributed by atoms with van der Waals surface area (Å²) in [7, 11) is 1.92. The zero-order chi connectivity index (χ0) is 14.5. The molecule has 1 aromatic rings. The third-order valence-electron chi connectivity index (χ3n) is 3.91. The molecule has 0 bridgehead atoms. The molecule has 2 rings (SSSR count). The van der Waals surface area contributed by atoms with Crippen LogP contribution in [-0.4, -0.2) is 30.5 Å². The lowest BCUT2D eigenvalue weighted by Gasteiger charge is -2.24. The second-order valence-corrected chi connectivity index (χ2v) is 6.41. The zero-order valence-corrected chi connectivity index (χ0v) is 13.7. The Morgan fingerprint density at radius 3 is 2.90 bits per heavy atom. The van der Waals surface area contributed by atoms with Crippen LogP contribution in [0.15, 0.2) is 28.7 Å². The number of amides is 1. The smallest absolute Gasteiger partial charge is 0.222 e. The van der Waals surface area contributed by atoms with Crippen LogP contribution in [0.25, 0.3) is 0 Å². The number of benzene rings is 1. The number of carbonyl (C=O) groups excluding carboxylic acids is 1. The third kappa shape index (κ3) is 4.51. The highest BCUT2D eigenvalue weighted by Gasteiger charge is 2.32. The summed E-state index contributed by atoms with van der Waals surface area (Å²) >= 11 is 3.41. The first-order valence-corrected chi connectivity index (χ1v) is 8.01. The fourth-order valence-electron chi connectivity index (χ4n) is 2.27. The van der Waals surface area contributed by atoms with Crippen molar-refractivity contribution in [3.63, 3.8) is 0 Å². The maximum atomic E-state index is 12.0. The average Bonchev–Trinajstić information content (AvgIpc) is 3.26. The van der Waals surface area contributed by atoms with Gasteiger partial charge in [-0.2, -0.15) is 0 Å². The van der Waals surface area contributed by atoms with Gasteiger partial charge >= 0.3 is 0 Å². The lowest BCUT2D eigenvalue weighted by atomic mass is 10.1. The van der Waals surface area contributed by atoms with Crippen LogP contribution in [-0.2, 0) is 4.79 Å². The van der Waals surface area contributed by atoms with Crippen molar-refractivity contribution in [2.24, 2.45) is 5.92 Å². The molecule has 1 unspecified atom stereocenters. The van der Waals surface area contributed by atoms with Crippen molar-refractivity contribution in [2.45, 2.75) is 38.6 Å². The molecule has 1 atom stereocenters. The number of carbonyl (C=O) groups is 1. The second kappa shape index (κ2) is 7.11. The van der Waals surface area contributed by atoms with Gasteiger partial charge in [0, 0.05) is 24.0 Å². The maximum Gasteiger partial charge on any atom is 0.222 e. The van der Waals surface area contributed by atoms with E-state index in [1.807, 2.05) is 36.2 Å². The predicted octanol–water partition coefficient (Wildman–Crippen LogP) is 3.87. The molecular weight excluding hydrogens is 318 g/mol. The highest BCUT2D eigenvalue weighted by molar-refractivity contribution is 9.10. The van der Waals surface area contributed by atoms with E-state index in [4.69, 9.17) is 4.74 Å². The van der Waals surface area contributed by atoms with Gasteiger partial charge in [-0.3, -0.25) is 4.79 Å². The minimum absolute atomic E-state index is 0.224. The molecule has 0 heterocycles. The number of halogens is 1. The van der Waals surface area contributed by atoms with E-state index in [2.05, 4.69) is 22.9 Å². The molecule has 1 aliphatic carbocycles. The Labute approximate surface area is 129 Å². The first-order valence-electron chi connectivity index (χ1n) is 7.22. The molecule has 0 spiro atoms. The molecule has 1 saturated carbocycles. The van der Waals surface area contributed by atoms with Crippen LogP contribution in [0.4, 0.5) is 0 Å². The minimum atomic E-state index is 0.224. The van der Waals surface area contributed by atoms with Crippen molar-refractivity contribution in [1.29, 1.82) is 0 Å². The van der Waals surface area contributed by atoms with E-state index in [0.29, 0.717) is 19.1 Å². The van der Waals surface area contributed by atoms with Gasteiger partial charge in [0.05, 0.1) is 6.61 Å². The number of nitrogens with zero attached hydrogens (tertiary/aromatic N) is 1. The van der Waals surface area contributed by atoms with Crippen LogP contribution in [0.1, 0.15) is 32.6 Å². The number of ether oxygens (including phenoxy) is 1. The molecule has 0 radical (unpaired) electrons. The van der Waals surface area contributed by atoms with Crippen LogP contribution in [0.2, 0.25) is 0 Å². The minimum Gasteiger partial charge on any atom is -0.494 e. The molecule has 20 heavy (non-hydrogen) atoms. The summed E-state index contributed by atoms with van der Waals surface area (Å²) in [6.45, 7) is 2.72. The van der Waals surface area contributed by atoms with Gasteiger partial charge in [0.1, 0.15) is 5.75 Å². The van der Waals surface area contributed by atoms with E-state index >= 15 is 0 Å². The van der Waals surface area contributed by atoms with E-state index in [-0.39, 0.29) is 5.91 Å². The van der Waals surface area contributed by atoms with Crippen LogP contribution in [0, 0.1) is 5.92 Å². The first-order chi connectivity index (χ1) is 9.58. The largest absolute Gasteiger partial charge is 0.494 e. The Bertz CT molecular complexity index is 460. The molecule has 0 aliphatic heterocycles. The molecule has 0 saturated heterocycles. The summed E-state index contributed by atoms with van der Waals surface area (Å²) in [5.41, 5.74) is 0. The molecule has 0 N–H and O–H groups in total. The van der Waals surface area contributed by atoms with Gasteiger partial charge in [0.25, 0.3) is 0 Å². The predicted molar refractivity (Wildman–Crippen MR) is 83.8 cm³/mol. The van der Waals surface area contributed by atoms with Gasteiger partial charge in [0.15, 0.2) is 0 Å². The van der Waals surface area contributed by atoms with Gasteiger partial charge in [0.2, 0.25) is 5.91 Å². The van der Waals surface area contributed by atoms with Crippen molar-refractivity contribution in [3.05, 3.63) is 28.7 Å². The Morgan fingerprint density at radius 1 is 1.50 bits per heavy atom. The fraction of sp³-hybridized carbons (Fsp3) is 0.562. The summed E-state index contributed by atoms with van der Waals surface area (Å²) in [5.74, 6) is 1.79. The summed E-state index contributed by atoms with van der Waals surface area (Å²) in [6, 6.07) is 8.14. The quantitative estimate of drug-likeness (QED) is 0.706. The lowest BCUT2D eigenvalue weighted by Crippen LogP contribution is -2.36. The molecule has 3 nitrogen and oxygen atoms in total. The van der Waals surface area contributed by atoms with Gasteiger partial charge in [-0.1, -0.05) is 22.0 Å². The van der Waals surface area contributed by atoms with Crippen molar-refractivity contribution < 1.29 is 9.53 Å². The molecule has 1 amide bonds. The summed E-state index contributed by atoms with van der Waals surface area (Å²) in [4.78, 5) is 13.9. The molecule has 1 fully saturated rings. The molecule has 0 aromatic heterocycles. The Kier molecular flexibility index (Phi) is 5.46. The van der Waals surface area contributed by atoms with Crippen molar-refractivity contribution in [1.82, 2.24) is 4.90 Å². The van der Waals surface area contributed by atoms with Gasteiger partial charge in [-0.25, -0.2) is 0 Å². The van der Waals surface area contributed by atoms with Crippen LogP contribution in [0.5, 0.6) is 5.75 Å². The summed E-state index contributed by atoms with van der Waals surface area (Å²) < 4.78 is 6.64. The average molecular weight is 340 g/mol. The lowest BCUT2D eigenvalue weighted by molar-refractivity contribution is -0.132. The fourth-order valence-corrected chi connectivity index (χ4v) is 2.65. The molecule has 1 aliphatic rings. The Morgan fingerprint density at radius 2 is 2.25 bits per heavy atom. The van der Waals surface area contributed by atoms with Crippen LogP contribution in [0.3, 0.4) is 0 Å². The number of hydrogen-bond donors (Lipinski definition) is 0. The highest BCUT2D eigenvalue weighted by atomic mass is 79.9. The normalized spacial score (nSPS) is 15.8. The Hall–Kier alpha value is -1.03. The standard InChI is InChI=1S/C16H22BrNO2/c1-12(13-8-9-13)18(2)16(19)7-4-10-20-15-6-3-5-14(17)11-15/h3,5-6,11-13H,4,7-10H2,1-2H3. The van der Waals surface area contributed by atoms with E-state index < -0.39 is 0 Å². The third-order valence-corrected chi connectivity index (χ3v) is 4.40. The molecular formula is C16H22BrNO2. The van der Waals surface area contributed by atoms with Crippen LogP contribution < -0.4 is 4.74 Å². The van der Waals surface area contributed by atoms with Crippen LogP contribution >= 0.6 is 15.9 Å². The van der Waals surface area contributed by atoms with E-state index in [1.165, 1.54) is 12.8 Å². The first kappa shape index (κ1) is 15.4. The molecule has 1 aromatic carbocycles. The van der Waals surface area contributed by atoms with Gasteiger partial charge in [-0.15, -0.1) is 0 Å². The van der Waals surface area contributed by atoms with E-state index in [0.717, 1.165) is 22.6 Å². The maximum absolute atomic E-state index is 12.0. The number of hydrogen-bond acceptors (Lipinski definition) is 2. The number of rotatable bonds is 7. The molecule has 4 heteroatoms. The topological polar surface area (TPSA) is 29.5 Å². The monoisotopic (exact) mass is 339 g/mol. The summed E-state index contributed by atoms with van der Waals surface area (Å²) in [5, 5.41) is 0. The van der Waals surface area contributed by atoms with Crippen molar-refractivity contribution >= 4 is 21.8 Å². The molecule has 110 valence electrons. The zero-order valence-electron chi connectivity index (χ0n) is 12.1. The second-order valence-electron chi connectivity index (χ2n) is 5.49. The van der Waals surface area contributed by atoms with E-state index in [9.17, 15) is 4.79 Å².